The highest BCUT2D eigenvalue weighted by atomic mass is 32.2. The standard InChI is InChI=1S/C13H16O4S/c1-10(2)18(16,17)12-7-3-5-11(9-12)6-4-8-13(14)15/h3-7,9-10H,8H2,1-2H3,(H,14,15). The molecule has 0 fully saturated rings. The summed E-state index contributed by atoms with van der Waals surface area (Å²) in [6.07, 6.45) is 3.01. The second-order valence-corrected chi connectivity index (χ2v) is 6.67. The van der Waals surface area contributed by atoms with Gasteiger partial charge in [0.15, 0.2) is 9.84 Å². The maximum atomic E-state index is 11.9. The molecule has 18 heavy (non-hydrogen) atoms. The van der Waals surface area contributed by atoms with Gasteiger partial charge in [-0.3, -0.25) is 4.79 Å². The highest BCUT2D eigenvalue weighted by molar-refractivity contribution is 7.92. The van der Waals surface area contributed by atoms with Gasteiger partial charge >= 0.3 is 5.97 Å². The second kappa shape index (κ2) is 5.82. The third kappa shape index (κ3) is 3.70. The van der Waals surface area contributed by atoms with Crippen LogP contribution in [-0.2, 0) is 14.6 Å². The van der Waals surface area contributed by atoms with Crippen molar-refractivity contribution in [3.8, 4) is 0 Å². The van der Waals surface area contributed by atoms with E-state index < -0.39 is 21.1 Å². The van der Waals surface area contributed by atoms with Crippen LogP contribution in [0.3, 0.4) is 0 Å². The lowest BCUT2D eigenvalue weighted by atomic mass is 10.2. The van der Waals surface area contributed by atoms with E-state index in [9.17, 15) is 13.2 Å². The van der Waals surface area contributed by atoms with Gasteiger partial charge in [-0.05, 0) is 31.5 Å². The molecule has 0 aliphatic heterocycles. The summed E-state index contributed by atoms with van der Waals surface area (Å²) in [5.74, 6) is -0.919. The highest BCUT2D eigenvalue weighted by Crippen LogP contribution is 2.18. The van der Waals surface area contributed by atoms with Gasteiger partial charge in [-0.2, -0.15) is 0 Å². The fraction of sp³-hybridized carbons (Fsp3) is 0.308. The van der Waals surface area contributed by atoms with Gasteiger partial charge in [0.05, 0.1) is 16.6 Å². The molecule has 0 spiro atoms. The molecular weight excluding hydrogens is 252 g/mol. The van der Waals surface area contributed by atoms with Crippen molar-refractivity contribution in [2.24, 2.45) is 0 Å². The molecule has 4 nitrogen and oxygen atoms in total. The number of carboxylic acid groups (broad SMARTS) is 1. The Kier molecular flexibility index (Phi) is 4.67. The molecule has 1 N–H and O–H groups in total. The highest BCUT2D eigenvalue weighted by Gasteiger charge is 2.18. The van der Waals surface area contributed by atoms with Gasteiger partial charge < -0.3 is 5.11 Å². The van der Waals surface area contributed by atoms with Gasteiger partial charge in [0, 0.05) is 0 Å². The Morgan fingerprint density at radius 2 is 2.06 bits per heavy atom. The van der Waals surface area contributed by atoms with Gasteiger partial charge in [-0.25, -0.2) is 8.42 Å². The van der Waals surface area contributed by atoms with E-state index in [0.29, 0.717) is 5.56 Å². The smallest absolute Gasteiger partial charge is 0.307 e. The topological polar surface area (TPSA) is 71.4 Å². The van der Waals surface area contributed by atoms with Gasteiger partial charge in [0.1, 0.15) is 0 Å². The van der Waals surface area contributed by atoms with Crippen LogP contribution in [0.15, 0.2) is 35.2 Å². The number of sulfone groups is 1. The fourth-order valence-corrected chi connectivity index (χ4v) is 2.48. The number of carboxylic acids is 1. The zero-order chi connectivity index (χ0) is 13.8. The molecule has 98 valence electrons. The third-order valence-electron chi connectivity index (χ3n) is 2.41. The minimum atomic E-state index is -3.29. The van der Waals surface area contributed by atoms with Gasteiger partial charge in [0.25, 0.3) is 0 Å². The van der Waals surface area contributed by atoms with E-state index in [-0.39, 0.29) is 11.3 Å². The molecular formula is C13H16O4S. The van der Waals surface area contributed by atoms with Crippen LogP contribution >= 0.6 is 0 Å². The Balaban J connectivity index is 3.00. The molecule has 0 unspecified atom stereocenters. The first-order valence-corrected chi connectivity index (χ1v) is 7.11. The first kappa shape index (κ1) is 14.4. The number of hydrogen-bond donors (Lipinski definition) is 1. The van der Waals surface area contributed by atoms with E-state index in [2.05, 4.69) is 0 Å². The summed E-state index contributed by atoms with van der Waals surface area (Å²) in [5.41, 5.74) is 0.679. The molecule has 5 heteroatoms. The number of aliphatic carboxylic acids is 1. The van der Waals surface area contributed by atoms with E-state index in [1.54, 1.807) is 44.2 Å². The Morgan fingerprint density at radius 1 is 1.39 bits per heavy atom. The van der Waals surface area contributed by atoms with Crippen LogP contribution in [0.4, 0.5) is 0 Å². The van der Waals surface area contributed by atoms with Crippen LogP contribution in [-0.4, -0.2) is 24.7 Å². The molecule has 0 aromatic heterocycles. The maximum absolute atomic E-state index is 11.9. The molecule has 0 amide bonds. The normalized spacial score (nSPS) is 12.2. The minimum Gasteiger partial charge on any atom is -0.481 e. The monoisotopic (exact) mass is 268 g/mol. The zero-order valence-corrected chi connectivity index (χ0v) is 11.1. The number of benzene rings is 1. The maximum Gasteiger partial charge on any atom is 0.307 e. The van der Waals surface area contributed by atoms with Crippen molar-refractivity contribution in [1.82, 2.24) is 0 Å². The van der Waals surface area contributed by atoms with Crippen LogP contribution in [0, 0.1) is 0 Å². The van der Waals surface area contributed by atoms with Gasteiger partial charge in [0.2, 0.25) is 0 Å². The Hall–Kier alpha value is -1.62. The summed E-state index contributed by atoms with van der Waals surface area (Å²) in [5, 5.41) is 8.02. The zero-order valence-electron chi connectivity index (χ0n) is 10.3. The van der Waals surface area contributed by atoms with Gasteiger partial charge in [-0.15, -0.1) is 0 Å². The molecule has 0 aliphatic carbocycles. The summed E-state index contributed by atoms with van der Waals surface area (Å²) in [6.45, 7) is 3.25. The van der Waals surface area contributed by atoms with E-state index in [4.69, 9.17) is 5.11 Å². The van der Waals surface area contributed by atoms with E-state index in [1.165, 1.54) is 6.08 Å². The second-order valence-electron chi connectivity index (χ2n) is 4.17. The van der Waals surface area contributed by atoms with Crippen molar-refractivity contribution in [1.29, 1.82) is 0 Å². The largest absolute Gasteiger partial charge is 0.481 e. The average molecular weight is 268 g/mol. The van der Waals surface area contributed by atoms with Crippen LogP contribution in [0.1, 0.15) is 25.8 Å². The predicted octanol–water partition coefficient (Wildman–Crippen LogP) is 2.36. The SMILES string of the molecule is CC(C)S(=O)(=O)c1cccc(C=CCC(=O)O)c1. The molecule has 0 radical (unpaired) electrons. The van der Waals surface area contributed by atoms with Crippen LogP contribution in [0.5, 0.6) is 0 Å². The summed E-state index contributed by atoms with van der Waals surface area (Å²) in [4.78, 5) is 10.6. The number of rotatable bonds is 5. The Morgan fingerprint density at radius 3 is 2.61 bits per heavy atom. The first-order chi connectivity index (χ1) is 8.34. The summed E-state index contributed by atoms with van der Waals surface area (Å²) in [6, 6.07) is 6.48. The Bertz CT molecular complexity index is 556. The molecule has 1 aromatic rings. The van der Waals surface area contributed by atoms with Crippen LogP contribution in [0.2, 0.25) is 0 Å². The van der Waals surface area contributed by atoms with E-state index in [1.807, 2.05) is 0 Å². The van der Waals surface area contributed by atoms with Crippen molar-refractivity contribution in [3.05, 3.63) is 35.9 Å². The lowest BCUT2D eigenvalue weighted by Gasteiger charge is -2.08. The van der Waals surface area contributed by atoms with Crippen molar-refractivity contribution in [2.45, 2.75) is 30.4 Å². The minimum absolute atomic E-state index is 0.0822. The molecule has 1 aromatic carbocycles. The number of hydrogen-bond acceptors (Lipinski definition) is 3. The van der Waals surface area contributed by atoms with Crippen molar-refractivity contribution < 1.29 is 18.3 Å². The third-order valence-corrected chi connectivity index (χ3v) is 4.56. The summed E-state index contributed by atoms with van der Waals surface area (Å²) in [7, 11) is -3.29. The van der Waals surface area contributed by atoms with Crippen molar-refractivity contribution in [3.63, 3.8) is 0 Å². The molecule has 0 heterocycles. The summed E-state index contributed by atoms with van der Waals surface area (Å²) >= 11 is 0. The van der Waals surface area contributed by atoms with Crippen LogP contribution in [0.25, 0.3) is 6.08 Å². The molecule has 0 saturated heterocycles. The molecule has 0 saturated carbocycles. The quantitative estimate of drug-likeness (QED) is 0.889. The first-order valence-electron chi connectivity index (χ1n) is 5.56. The Labute approximate surface area is 107 Å². The lowest BCUT2D eigenvalue weighted by Crippen LogP contribution is -2.13. The van der Waals surface area contributed by atoms with Crippen LogP contribution < -0.4 is 0 Å². The predicted molar refractivity (Wildman–Crippen MR) is 70.1 cm³/mol. The van der Waals surface area contributed by atoms with E-state index >= 15 is 0 Å². The molecule has 0 bridgehead atoms. The molecule has 0 atom stereocenters. The van der Waals surface area contributed by atoms with E-state index in [0.717, 1.165) is 0 Å². The summed E-state index contributed by atoms with van der Waals surface area (Å²) < 4.78 is 23.9. The average Bonchev–Trinajstić information content (AvgIpc) is 2.28. The van der Waals surface area contributed by atoms with Crippen molar-refractivity contribution in [2.75, 3.05) is 0 Å². The molecule has 1 rings (SSSR count). The number of carbonyl (C=O) groups is 1. The van der Waals surface area contributed by atoms with Gasteiger partial charge in [-0.1, -0.05) is 24.3 Å². The molecule has 0 aliphatic rings. The lowest BCUT2D eigenvalue weighted by molar-refractivity contribution is -0.135. The van der Waals surface area contributed by atoms with Crippen molar-refractivity contribution >= 4 is 21.9 Å². The fourth-order valence-electron chi connectivity index (χ4n) is 1.36.